The molecule has 0 amide bonds. The molecule has 0 saturated heterocycles. The van der Waals surface area contributed by atoms with Crippen LogP contribution in [-0.4, -0.2) is 52.1 Å². The van der Waals surface area contributed by atoms with Crippen LogP contribution in [0.15, 0.2) is 4.99 Å². The van der Waals surface area contributed by atoms with E-state index in [4.69, 9.17) is 4.74 Å². The van der Waals surface area contributed by atoms with Crippen LogP contribution in [0.5, 0.6) is 0 Å². The van der Waals surface area contributed by atoms with Crippen LogP contribution >= 0.6 is 24.0 Å². The molecule has 1 aliphatic heterocycles. The van der Waals surface area contributed by atoms with Gasteiger partial charge in [-0.2, -0.15) is 5.10 Å². The number of hydrogen-bond acceptors (Lipinski definition) is 4. The summed E-state index contributed by atoms with van der Waals surface area (Å²) in [6, 6.07) is 0.660. The standard InChI is InChI=1S/C20H36N6O.HI/c1-8-21-18(23-15-11-20(6,27-7)19(15,4)5)22-14-9-10-16-24-17(13(2)3)25-26(16)12-14;/h13-15H,8-12H2,1-7H3,(H2,21,22,23);1H. The fraction of sp³-hybridized carbons (Fsp3) is 0.850. The summed E-state index contributed by atoms with van der Waals surface area (Å²) in [4.78, 5) is 9.36. The summed E-state index contributed by atoms with van der Waals surface area (Å²) >= 11 is 0. The molecule has 8 heteroatoms. The Kier molecular flexibility index (Phi) is 7.39. The van der Waals surface area contributed by atoms with E-state index in [1.807, 2.05) is 0 Å². The maximum atomic E-state index is 5.75. The number of fused-ring (bicyclic) bond motifs is 1. The van der Waals surface area contributed by atoms with Crippen molar-refractivity contribution < 1.29 is 4.74 Å². The molecule has 1 saturated carbocycles. The van der Waals surface area contributed by atoms with Gasteiger partial charge >= 0.3 is 0 Å². The van der Waals surface area contributed by atoms with Gasteiger partial charge in [0.25, 0.3) is 0 Å². The largest absolute Gasteiger partial charge is 0.378 e. The zero-order valence-corrected chi connectivity index (χ0v) is 20.7. The highest BCUT2D eigenvalue weighted by Gasteiger charge is 2.58. The average molecular weight is 504 g/mol. The molecule has 3 atom stereocenters. The van der Waals surface area contributed by atoms with E-state index >= 15 is 0 Å². The Morgan fingerprint density at radius 1 is 1.32 bits per heavy atom. The van der Waals surface area contributed by atoms with Gasteiger partial charge in [0, 0.05) is 43.5 Å². The van der Waals surface area contributed by atoms with Gasteiger partial charge in [0.15, 0.2) is 11.8 Å². The number of nitrogens with one attached hydrogen (secondary N) is 2. The lowest BCUT2D eigenvalue weighted by atomic mass is 9.56. The minimum atomic E-state index is -0.0876. The molecule has 0 radical (unpaired) electrons. The number of aliphatic imine (C=N–C) groups is 1. The molecule has 0 aromatic carbocycles. The van der Waals surface area contributed by atoms with Crippen molar-refractivity contribution in [3.63, 3.8) is 0 Å². The number of nitrogens with zero attached hydrogens (tertiary/aromatic N) is 4. The van der Waals surface area contributed by atoms with Crippen LogP contribution in [0.25, 0.3) is 0 Å². The van der Waals surface area contributed by atoms with Gasteiger partial charge in [-0.15, -0.1) is 24.0 Å². The van der Waals surface area contributed by atoms with E-state index in [0.29, 0.717) is 18.0 Å². The second-order valence-corrected chi connectivity index (χ2v) is 8.98. The fourth-order valence-electron chi connectivity index (χ4n) is 4.06. The van der Waals surface area contributed by atoms with Gasteiger partial charge in [0.2, 0.25) is 0 Å². The van der Waals surface area contributed by atoms with Crippen LogP contribution < -0.4 is 10.6 Å². The number of halogens is 1. The summed E-state index contributed by atoms with van der Waals surface area (Å²) in [5, 5.41) is 12.0. The molecular formula is C20H37IN6O. The van der Waals surface area contributed by atoms with Gasteiger partial charge in [-0.1, -0.05) is 27.7 Å². The van der Waals surface area contributed by atoms with Gasteiger partial charge < -0.3 is 15.4 Å². The monoisotopic (exact) mass is 504 g/mol. The van der Waals surface area contributed by atoms with Crippen LogP contribution in [0.2, 0.25) is 0 Å². The number of aromatic nitrogens is 3. The summed E-state index contributed by atoms with van der Waals surface area (Å²) in [6.45, 7) is 14.6. The lowest BCUT2D eigenvalue weighted by molar-refractivity contribution is -0.176. The Balaban J connectivity index is 0.00000280. The third-order valence-corrected chi connectivity index (χ3v) is 6.64. The van der Waals surface area contributed by atoms with E-state index in [9.17, 15) is 0 Å². The average Bonchev–Trinajstić information content (AvgIpc) is 3.05. The molecule has 1 aromatic rings. The number of rotatable bonds is 5. The number of hydrogen-bond donors (Lipinski definition) is 2. The maximum Gasteiger partial charge on any atom is 0.191 e. The molecule has 7 nitrogen and oxygen atoms in total. The Hall–Kier alpha value is -0.900. The highest BCUT2D eigenvalue weighted by atomic mass is 127. The van der Waals surface area contributed by atoms with Gasteiger partial charge in [0.05, 0.1) is 12.1 Å². The zero-order valence-electron chi connectivity index (χ0n) is 18.4. The molecule has 3 unspecified atom stereocenters. The zero-order chi connectivity index (χ0) is 19.8. The second-order valence-electron chi connectivity index (χ2n) is 8.98. The molecular weight excluding hydrogens is 467 g/mol. The normalized spacial score (nSPS) is 28.9. The molecule has 2 heterocycles. The predicted octanol–water partition coefficient (Wildman–Crippen LogP) is 3.09. The molecule has 28 heavy (non-hydrogen) atoms. The Labute approximate surface area is 186 Å². The molecule has 160 valence electrons. The number of ether oxygens (including phenoxy) is 1. The van der Waals surface area contributed by atoms with Crippen molar-refractivity contribution >= 4 is 29.9 Å². The first-order chi connectivity index (χ1) is 12.7. The van der Waals surface area contributed by atoms with Gasteiger partial charge in [-0.3, -0.25) is 4.99 Å². The first-order valence-corrected chi connectivity index (χ1v) is 10.3. The number of guanidine groups is 1. The van der Waals surface area contributed by atoms with Crippen LogP contribution in [0.1, 0.15) is 72.0 Å². The summed E-state index contributed by atoms with van der Waals surface area (Å²) in [6.07, 6.45) is 2.98. The second kappa shape index (κ2) is 8.85. The molecule has 2 aliphatic rings. The topological polar surface area (TPSA) is 76.4 Å². The summed E-state index contributed by atoms with van der Waals surface area (Å²) in [5.74, 6) is 3.31. The van der Waals surface area contributed by atoms with Crippen LogP contribution in [0.4, 0.5) is 0 Å². The Morgan fingerprint density at radius 3 is 2.61 bits per heavy atom. The highest BCUT2D eigenvalue weighted by Crippen LogP contribution is 2.51. The maximum absolute atomic E-state index is 5.75. The van der Waals surface area contributed by atoms with Crippen molar-refractivity contribution in [2.75, 3.05) is 13.7 Å². The van der Waals surface area contributed by atoms with E-state index in [1.54, 1.807) is 7.11 Å². The number of methoxy groups -OCH3 is 1. The van der Waals surface area contributed by atoms with E-state index in [-0.39, 0.29) is 35.0 Å². The minimum absolute atomic E-state index is 0. The first-order valence-electron chi connectivity index (χ1n) is 10.3. The Bertz CT molecular complexity index is 701. The molecule has 1 fully saturated rings. The molecule has 0 spiro atoms. The first kappa shape index (κ1) is 23.4. The quantitative estimate of drug-likeness (QED) is 0.366. The van der Waals surface area contributed by atoms with Gasteiger partial charge in [0.1, 0.15) is 5.82 Å². The minimum Gasteiger partial charge on any atom is -0.378 e. The van der Waals surface area contributed by atoms with Crippen molar-refractivity contribution in [1.29, 1.82) is 0 Å². The fourth-order valence-corrected chi connectivity index (χ4v) is 4.06. The third kappa shape index (κ3) is 4.32. The van der Waals surface area contributed by atoms with Crippen molar-refractivity contribution in [2.24, 2.45) is 10.4 Å². The summed E-state index contributed by atoms with van der Waals surface area (Å²) in [5.41, 5.74) is -0.0363. The Morgan fingerprint density at radius 2 is 2.04 bits per heavy atom. The molecule has 2 N–H and O–H groups in total. The molecule has 0 bridgehead atoms. The van der Waals surface area contributed by atoms with Gasteiger partial charge in [-0.25, -0.2) is 9.67 Å². The van der Waals surface area contributed by atoms with Crippen LogP contribution in [-0.2, 0) is 17.7 Å². The van der Waals surface area contributed by atoms with Gasteiger partial charge in [-0.05, 0) is 26.7 Å². The van der Waals surface area contributed by atoms with Crippen molar-refractivity contribution in [2.45, 2.75) is 91.0 Å². The van der Waals surface area contributed by atoms with E-state index in [2.05, 4.69) is 71.9 Å². The lowest BCUT2D eigenvalue weighted by Gasteiger charge is -2.59. The van der Waals surface area contributed by atoms with Crippen molar-refractivity contribution in [1.82, 2.24) is 25.4 Å². The third-order valence-electron chi connectivity index (χ3n) is 6.64. The molecule has 3 rings (SSSR count). The van der Waals surface area contributed by atoms with E-state index < -0.39 is 0 Å². The molecule has 1 aliphatic carbocycles. The smallest absolute Gasteiger partial charge is 0.191 e. The van der Waals surface area contributed by atoms with E-state index in [0.717, 1.165) is 50.0 Å². The van der Waals surface area contributed by atoms with E-state index in [1.165, 1.54) is 0 Å². The van der Waals surface area contributed by atoms with Crippen LogP contribution in [0, 0.1) is 5.41 Å². The SMILES string of the molecule is CCN=C(NC1CCc2nc(C(C)C)nn2C1)NC1CC(C)(OC)C1(C)C.I. The molecule has 1 aromatic heterocycles. The summed E-state index contributed by atoms with van der Waals surface area (Å²) < 4.78 is 7.82. The number of aryl methyl sites for hydroxylation is 1. The van der Waals surface area contributed by atoms with Crippen molar-refractivity contribution in [3.8, 4) is 0 Å². The lowest BCUT2D eigenvalue weighted by Crippen LogP contribution is -2.70. The highest BCUT2D eigenvalue weighted by molar-refractivity contribution is 14.0. The predicted molar refractivity (Wildman–Crippen MR) is 123 cm³/mol. The summed E-state index contributed by atoms with van der Waals surface area (Å²) in [7, 11) is 1.81. The van der Waals surface area contributed by atoms with Crippen LogP contribution in [0.3, 0.4) is 0 Å². The van der Waals surface area contributed by atoms with Crippen molar-refractivity contribution in [3.05, 3.63) is 11.6 Å².